The number of ether oxygens (including phenoxy) is 1. The van der Waals surface area contributed by atoms with E-state index in [9.17, 15) is 9.90 Å². The molecule has 1 fully saturated rings. The van der Waals surface area contributed by atoms with Crippen molar-refractivity contribution in [1.82, 2.24) is 10.1 Å². The minimum atomic E-state index is -0.876. The molecule has 7 heteroatoms. The van der Waals surface area contributed by atoms with Gasteiger partial charge >= 0.3 is 0 Å². The quantitative estimate of drug-likeness (QED) is 0.753. The number of rotatable bonds is 6. The average molecular weight is 390 g/mol. The fourth-order valence-corrected chi connectivity index (χ4v) is 4.40. The molecular formula is C21H30N2O5. The highest BCUT2D eigenvalue weighted by Gasteiger charge is 2.55. The number of aliphatic hydroxyl groups is 1. The first-order valence-electron chi connectivity index (χ1n) is 9.63. The molecule has 0 aromatic heterocycles. The summed E-state index contributed by atoms with van der Waals surface area (Å²) in [7, 11) is 3.22. The van der Waals surface area contributed by atoms with Crippen LogP contribution in [0.1, 0.15) is 35.1 Å². The zero-order valence-corrected chi connectivity index (χ0v) is 17.4. The van der Waals surface area contributed by atoms with Gasteiger partial charge in [0.15, 0.2) is 0 Å². The number of benzene rings is 1. The Morgan fingerprint density at radius 2 is 1.68 bits per heavy atom. The van der Waals surface area contributed by atoms with Crippen molar-refractivity contribution in [2.45, 2.75) is 39.2 Å². The van der Waals surface area contributed by atoms with Gasteiger partial charge in [0.05, 0.1) is 25.9 Å². The van der Waals surface area contributed by atoms with Crippen LogP contribution in [0.15, 0.2) is 17.9 Å². The minimum Gasteiger partial charge on any atom is -0.509 e. The molecule has 0 radical (unpaired) electrons. The van der Waals surface area contributed by atoms with E-state index in [1.165, 1.54) is 5.06 Å². The van der Waals surface area contributed by atoms with E-state index >= 15 is 0 Å². The van der Waals surface area contributed by atoms with Crippen LogP contribution in [0.25, 0.3) is 5.57 Å². The third-order valence-corrected chi connectivity index (χ3v) is 5.71. The Balaban J connectivity index is 2.06. The van der Waals surface area contributed by atoms with Crippen molar-refractivity contribution < 1.29 is 24.3 Å². The van der Waals surface area contributed by atoms with Gasteiger partial charge in [0.1, 0.15) is 11.3 Å². The summed E-state index contributed by atoms with van der Waals surface area (Å²) in [6.45, 7) is 7.76. The number of nitrogens with zero attached hydrogens (tertiary/aromatic N) is 2. The van der Waals surface area contributed by atoms with Crippen LogP contribution in [0.5, 0.6) is 0 Å². The largest absolute Gasteiger partial charge is 0.509 e. The predicted molar refractivity (Wildman–Crippen MR) is 105 cm³/mol. The van der Waals surface area contributed by atoms with Gasteiger partial charge in [-0.1, -0.05) is 17.7 Å². The molecule has 154 valence electrons. The summed E-state index contributed by atoms with van der Waals surface area (Å²) in [6, 6.07) is 4.06. The summed E-state index contributed by atoms with van der Waals surface area (Å²) < 4.78 is 5.07. The molecule has 7 nitrogen and oxygen atoms in total. The van der Waals surface area contributed by atoms with Crippen LogP contribution < -0.4 is 0 Å². The molecule has 0 aliphatic carbocycles. The number of methoxy groups -OCH3 is 1. The molecule has 2 heterocycles. The number of carbonyl (C=O) groups excluding carboxylic acids is 1. The van der Waals surface area contributed by atoms with Gasteiger partial charge < -0.3 is 14.7 Å². The third kappa shape index (κ3) is 3.43. The lowest BCUT2D eigenvalue weighted by Crippen LogP contribution is -2.55. The fourth-order valence-electron chi connectivity index (χ4n) is 4.40. The molecular weight excluding hydrogens is 360 g/mol. The van der Waals surface area contributed by atoms with Crippen molar-refractivity contribution in [1.29, 1.82) is 0 Å². The number of hydrogen-bond acceptors (Lipinski definition) is 6. The molecule has 3 rings (SSSR count). The number of carbonyl (C=O) groups is 1. The van der Waals surface area contributed by atoms with Crippen LogP contribution in [0.2, 0.25) is 0 Å². The lowest BCUT2D eigenvalue weighted by Gasteiger charge is -2.42. The maximum Gasteiger partial charge on any atom is 0.282 e. The zero-order chi connectivity index (χ0) is 20.5. The Bertz CT molecular complexity index is 758. The maximum absolute atomic E-state index is 13.4. The molecule has 1 amide bonds. The molecule has 1 N–H and O–H groups in total. The summed E-state index contributed by atoms with van der Waals surface area (Å²) in [5.74, 6) is -0.199. The smallest absolute Gasteiger partial charge is 0.282 e. The Labute approximate surface area is 166 Å². The van der Waals surface area contributed by atoms with Crippen LogP contribution in [0.4, 0.5) is 0 Å². The van der Waals surface area contributed by atoms with Gasteiger partial charge in [0.2, 0.25) is 0 Å². The summed E-state index contributed by atoms with van der Waals surface area (Å²) in [5.41, 5.74) is 3.32. The van der Waals surface area contributed by atoms with E-state index in [0.717, 1.165) is 22.3 Å². The SMILES string of the molecule is COCCON1C(=O)C(c2c(C)cc(C)cc2C)=C(O)C12CCN(OC)CC2. The molecule has 1 aromatic carbocycles. The minimum absolute atomic E-state index is 0.0979. The normalized spacial score (nSPS) is 19.9. The van der Waals surface area contributed by atoms with Crippen molar-refractivity contribution in [2.75, 3.05) is 40.5 Å². The van der Waals surface area contributed by atoms with Gasteiger partial charge in [0, 0.05) is 20.2 Å². The molecule has 0 bridgehead atoms. The van der Waals surface area contributed by atoms with Crippen molar-refractivity contribution in [2.24, 2.45) is 0 Å². The molecule has 1 spiro atoms. The average Bonchev–Trinajstić information content (AvgIpc) is 2.84. The first kappa shape index (κ1) is 20.8. The fraction of sp³-hybridized carbons (Fsp3) is 0.571. The second kappa shape index (κ2) is 8.21. The summed E-state index contributed by atoms with van der Waals surface area (Å²) in [6.07, 6.45) is 1.05. The standard InChI is InChI=1S/C21H30N2O5/c1-14-12-15(2)17(16(3)13-14)18-19(24)21(6-8-22(27-5)9-7-21)23(20(18)25)28-11-10-26-4/h12-13,24H,6-11H2,1-5H3. The number of aryl methyl sites for hydroxylation is 3. The third-order valence-electron chi connectivity index (χ3n) is 5.71. The Morgan fingerprint density at radius 3 is 2.21 bits per heavy atom. The summed E-state index contributed by atoms with van der Waals surface area (Å²) in [5, 5.41) is 14.5. The van der Waals surface area contributed by atoms with E-state index in [1.54, 1.807) is 14.2 Å². The molecule has 28 heavy (non-hydrogen) atoms. The first-order chi connectivity index (χ1) is 13.4. The Morgan fingerprint density at radius 1 is 1.07 bits per heavy atom. The molecule has 2 aliphatic heterocycles. The van der Waals surface area contributed by atoms with E-state index in [2.05, 4.69) is 0 Å². The number of amides is 1. The molecule has 1 saturated heterocycles. The van der Waals surface area contributed by atoms with E-state index in [4.69, 9.17) is 14.4 Å². The molecule has 0 unspecified atom stereocenters. The highest BCUT2D eigenvalue weighted by Crippen LogP contribution is 2.46. The Kier molecular flexibility index (Phi) is 6.09. The van der Waals surface area contributed by atoms with E-state index < -0.39 is 5.54 Å². The van der Waals surface area contributed by atoms with Crippen molar-refractivity contribution in [3.8, 4) is 0 Å². The van der Waals surface area contributed by atoms with Crippen LogP contribution in [0.3, 0.4) is 0 Å². The topological polar surface area (TPSA) is 71.5 Å². The number of hydrogen-bond donors (Lipinski definition) is 1. The summed E-state index contributed by atoms with van der Waals surface area (Å²) in [4.78, 5) is 24.6. The highest BCUT2D eigenvalue weighted by molar-refractivity contribution is 6.23. The molecule has 2 aliphatic rings. The Hall–Kier alpha value is -1.93. The number of aliphatic hydroxyl groups excluding tert-OH is 1. The van der Waals surface area contributed by atoms with Gasteiger partial charge in [-0.05, 0) is 50.3 Å². The van der Waals surface area contributed by atoms with Gasteiger partial charge in [-0.3, -0.25) is 9.63 Å². The zero-order valence-electron chi connectivity index (χ0n) is 17.4. The molecule has 1 aromatic rings. The van der Waals surface area contributed by atoms with Crippen LogP contribution in [0, 0.1) is 20.8 Å². The lowest BCUT2D eigenvalue weighted by atomic mass is 9.85. The lowest BCUT2D eigenvalue weighted by molar-refractivity contribution is -0.235. The molecule has 0 atom stereocenters. The van der Waals surface area contributed by atoms with Crippen molar-refractivity contribution >= 4 is 11.5 Å². The van der Waals surface area contributed by atoms with Gasteiger partial charge in [-0.2, -0.15) is 5.06 Å². The van der Waals surface area contributed by atoms with Crippen LogP contribution in [-0.2, 0) is 19.2 Å². The van der Waals surface area contributed by atoms with Crippen molar-refractivity contribution in [3.05, 3.63) is 40.1 Å². The van der Waals surface area contributed by atoms with Gasteiger partial charge in [-0.25, -0.2) is 5.06 Å². The van der Waals surface area contributed by atoms with Crippen LogP contribution in [-0.4, -0.2) is 67.2 Å². The van der Waals surface area contributed by atoms with E-state index in [1.807, 2.05) is 38.0 Å². The number of hydroxylamine groups is 4. The number of piperidine rings is 1. The predicted octanol–water partition coefficient (Wildman–Crippen LogP) is 2.70. The van der Waals surface area contributed by atoms with Crippen LogP contribution >= 0.6 is 0 Å². The van der Waals surface area contributed by atoms with Gasteiger partial charge in [-0.15, -0.1) is 0 Å². The van der Waals surface area contributed by atoms with Crippen molar-refractivity contribution in [3.63, 3.8) is 0 Å². The summed E-state index contributed by atoms with van der Waals surface area (Å²) >= 11 is 0. The van der Waals surface area contributed by atoms with E-state index in [-0.39, 0.29) is 18.3 Å². The molecule has 0 saturated carbocycles. The van der Waals surface area contributed by atoms with Gasteiger partial charge in [0.25, 0.3) is 5.91 Å². The van der Waals surface area contributed by atoms with E-state index in [0.29, 0.717) is 38.1 Å². The first-order valence-corrected chi connectivity index (χ1v) is 9.63. The maximum atomic E-state index is 13.4. The highest BCUT2D eigenvalue weighted by atomic mass is 16.7. The second-order valence-corrected chi connectivity index (χ2v) is 7.57. The monoisotopic (exact) mass is 390 g/mol. The second-order valence-electron chi connectivity index (χ2n) is 7.57.